The quantitative estimate of drug-likeness (QED) is 0.560. The van der Waals surface area contributed by atoms with Crippen LogP contribution in [0.15, 0.2) is 12.1 Å². The van der Waals surface area contributed by atoms with E-state index in [0.29, 0.717) is 5.02 Å². The molecule has 1 rings (SSSR count). The monoisotopic (exact) mass is 259 g/mol. The van der Waals surface area contributed by atoms with Gasteiger partial charge >= 0.3 is 0 Å². The maximum atomic E-state index is 8.95. The summed E-state index contributed by atoms with van der Waals surface area (Å²) in [7, 11) is 0. The largest absolute Gasteiger partial charge is 0.506 e. The summed E-state index contributed by atoms with van der Waals surface area (Å²) in [6.45, 7) is 0. The third-order valence-electron chi connectivity index (χ3n) is 1.01. The van der Waals surface area contributed by atoms with Crippen LogP contribution < -0.4 is 0 Å². The average Bonchev–Trinajstić information content (AvgIpc) is 1.93. The molecule has 11 heavy (non-hydrogen) atoms. The Bertz CT molecular complexity index is 237. The molecule has 0 heterocycles. The van der Waals surface area contributed by atoms with Crippen LogP contribution in [0.3, 0.4) is 0 Å². The molecule has 0 amide bonds. The van der Waals surface area contributed by atoms with Crippen molar-refractivity contribution in [3.63, 3.8) is 0 Å². The van der Waals surface area contributed by atoms with E-state index in [-0.39, 0.29) is 32.9 Å². The summed E-state index contributed by atoms with van der Waals surface area (Å²) in [4.78, 5) is 0. The van der Waals surface area contributed by atoms with Crippen molar-refractivity contribution in [2.24, 2.45) is 0 Å². The van der Waals surface area contributed by atoms with Crippen LogP contribution >= 0.6 is 34.8 Å². The molecule has 65 valence electrons. The first-order valence-corrected chi connectivity index (χ1v) is 3.59. The van der Waals surface area contributed by atoms with Gasteiger partial charge < -0.3 is 5.11 Å². The Labute approximate surface area is 89.7 Å². The predicted molar refractivity (Wildman–Crippen MR) is 43.1 cm³/mol. The second kappa shape index (κ2) is 4.44. The van der Waals surface area contributed by atoms with E-state index in [1.54, 1.807) is 0 Å². The van der Waals surface area contributed by atoms with E-state index in [2.05, 4.69) is 0 Å². The van der Waals surface area contributed by atoms with E-state index in [0.717, 1.165) is 0 Å². The number of phenolic OH excluding ortho intramolecular Hbond substituents is 1. The van der Waals surface area contributed by atoms with Crippen LogP contribution in [-0.4, -0.2) is 5.11 Å². The SMILES string of the molecule is Oc1ccc(Cl)c(Cl)c1Cl.[Cu]. The van der Waals surface area contributed by atoms with Crippen molar-refractivity contribution < 1.29 is 22.2 Å². The smallest absolute Gasteiger partial charge is 0.135 e. The summed E-state index contributed by atoms with van der Waals surface area (Å²) in [5, 5.41) is 9.56. The summed E-state index contributed by atoms with van der Waals surface area (Å²) in [5.41, 5.74) is 0. The molecule has 0 aromatic heterocycles. The van der Waals surface area contributed by atoms with Gasteiger partial charge in [-0.25, -0.2) is 0 Å². The zero-order valence-corrected chi connectivity index (χ0v) is 8.25. The van der Waals surface area contributed by atoms with Crippen molar-refractivity contribution in [2.45, 2.75) is 0 Å². The van der Waals surface area contributed by atoms with Gasteiger partial charge in [-0.1, -0.05) is 34.8 Å². The van der Waals surface area contributed by atoms with Crippen molar-refractivity contribution >= 4 is 34.8 Å². The second-order valence-electron chi connectivity index (χ2n) is 1.69. The maximum absolute atomic E-state index is 8.95. The average molecular weight is 261 g/mol. The Morgan fingerprint density at radius 1 is 1.00 bits per heavy atom. The minimum absolute atomic E-state index is 0. The number of aromatic hydroxyl groups is 1. The summed E-state index contributed by atoms with van der Waals surface area (Å²) in [6.07, 6.45) is 0. The molecule has 0 bridgehead atoms. The van der Waals surface area contributed by atoms with Gasteiger partial charge in [-0.2, -0.15) is 0 Å². The Kier molecular flexibility index (Phi) is 4.60. The number of hydrogen-bond donors (Lipinski definition) is 1. The summed E-state index contributed by atoms with van der Waals surface area (Å²) >= 11 is 16.6. The molecule has 0 aliphatic carbocycles. The molecule has 1 N–H and O–H groups in total. The van der Waals surface area contributed by atoms with Crippen LogP contribution in [0.2, 0.25) is 15.1 Å². The predicted octanol–water partition coefficient (Wildman–Crippen LogP) is 3.35. The van der Waals surface area contributed by atoms with Gasteiger partial charge in [0.15, 0.2) is 0 Å². The van der Waals surface area contributed by atoms with Gasteiger partial charge in [-0.05, 0) is 12.1 Å². The molecule has 0 unspecified atom stereocenters. The van der Waals surface area contributed by atoms with Crippen LogP contribution in [0.1, 0.15) is 0 Å². The molecule has 0 aliphatic heterocycles. The molecule has 1 aromatic carbocycles. The maximum Gasteiger partial charge on any atom is 0.135 e. The Morgan fingerprint density at radius 2 is 1.55 bits per heavy atom. The van der Waals surface area contributed by atoms with Crippen molar-refractivity contribution in [1.29, 1.82) is 0 Å². The molecule has 1 aromatic rings. The van der Waals surface area contributed by atoms with Gasteiger partial charge in [0.25, 0.3) is 0 Å². The van der Waals surface area contributed by atoms with Gasteiger partial charge in [0.05, 0.1) is 10.0 Å². The van der Waals surface area contributed by atoms with Crippen LogP contribution in [-0.2, 0) is 17.1 Å². The van der Waals surface area contributed by atoms with Gasteiger partial charge in [-0.3, -0.25) is 0 Å². The standard InChI is InChI=1S/C6H3Cl3O.Cu/c7-3-1-2-4(10)6(9)5(3)8;/h1-2,10H;. The Morgan fingerprint density at radius 3 is 2.00 bits per heavy atom. The minimum atomic E-state index is -0.0592. The first-order chi connectivity index (χ1) is 4.63. The number of benzene rings is 1. The fourth-order valence-corrected chi connectivity index (χ4v) is 1.05. The molecule has 1 radical (unpaired) electrons. The molecule has 0 fully saturated rings. The molecule has 0 saturated carbocycles. The number of rotatable bonds is 0. The zero-order chi connectivity index (χ0) is 7.72. The van der Waals surface area contributed by atoms with E-state index in [1.165, 1.54) is 12.1 Å². The van der Waals surface area contributed by atoms with E-state index in [1.807, 2.05) is 0 Å². The third-order valence-corrected chi connectivity index (χ3v) is 2.30. The second-order valence-corrected chi connectivity index (χ2v) is 2.86. The van der Waals surface area contributed by atoms with Gasteiger partial charge in [0.1, 0.15) is 10.8 Å². The van der Waals surface area contributed by atoms with Gasteiger partial charge in [0.2, 0.25) is 0 Å². The zero-order valence-electron chi connectivity index (χ0n) is 5.04. The first kappa shape index (κ1) is 11.4. The van der Waals surface area contributed by atoms with Crippen molar-refractivity contribution in [3.8, 4) is 5.75 Å². The summed E-state index contributed by atoms with van der Waals surface area (Å²) in [5.74, 6) is -0.0592. The number of phenols is 1. The van der Waals surface area contributed by atoms with Crippen molar-refractivity contribution in [1.82, 2.24) is 0 Å². The molecule has 0 aliphatic rings. The first-order valence-electron chi connectivity index (χ1n) is 2.45. The van der Waals surface area contributed by atoms with Crippen LogP contribution in [0.4, 0.5) is 0 Å². The molecule has 1 nitrogen and oxygen atoms in total. The molecule has 0 atom stereocenters. The summed E-state index contributed by atoms with van der Waals surface area (Å²) in [6, 6.07) is 2.86. The van der Waals surface area contributed by atoms with Gasteiger partial charge in [0, 0.05) is 17.1 Å². The molecular formula is C6H3Cl3CuO. The topological polar surface area (TPSA) is 20.2 Å². The Hall–Kier alpha value is 0.409. The molecule has 0 saturated heterocycles. The molecule has 0 spiro atoms. The molecular weight excluding hydrogens is 258 g/mol. The van der Waals surface area contributed by atoms with Crippen LogP contribution in [0.25, 0.3) is 0 Å². The van der Waals surface area contributed by atoms with E-state index in [4.69, 9.17) is 39.9 Å². The normalized spacial score (nSPS) is 9.00. The van der Waals surface area contributed by atoms with Crippen molar-refractivity contribution in [3.05, 3.63) is 27.2 Å². The minimum Gasteiger partial charge on any atom is -0.506 e. The van der Waals surface area contributed by atoms with Crippen LogP contribution in [0.5, 0.6) is 5.75 Å². The van der Waals surface area contributed by atoms with E-state index < -0.39 is 0 Å². The van der Waals surface area contributed by atoms with E-state index >= 15 is 0 Å². The Balaban J connectivity index is 0.000001000. The van der Waals surface area contributed by atoms with Crippen LogP contribution in [0, 0.1) is 0 Å². The summed E-state index contributed by atoms with van der Waals surface area (Å²) < 4.78 is 0. The van der Waals surface area contributed by atoms with Crippen molar-refractivity contribution in [2.75, 3.05) is 0 Å². The van der Waals surface area contributed by atoms with E-state index in [9.17, 15) is 0 Å². The molecule has 5 heteroatoms. The number of hydrogen-bond acceptors (Lipinski definition) is 1. The third kappa shape index (κ3) is 2.43. The number of halogens is 3. The van der Waals surface area contributed by atoms with Gasteiger partial charge in [-0.15, -0.1) is 0 Å². The fourth-order valence-electron chi connectivity index (χ4n) is 0.516. The fraction of sp³-hybridized carbons (Fsp3) is 0.